The number of aromatic nitrogens is 1. The fraction of sp³-hybridized carbons (Fsp3) is 0.0769. The molecule has 1 atom stereocenters. The second kappa shape index (κ2) is 10.4. The number of carbonyl (C=O) groups is 3. The van der Waals surface area contributed by atoms with Gasteiger partial charge in [0.15, 0.2) is 28.7 Å². The van der Waals surface area contributed by atoms with E-state index in [0.717, 1.165) is 23.5 Å². The predicted molar refractivity (Wildman–Crippen MR) is 127 cm³/mol. The van der Waals surface area contributed by atoms with Gasteiger partial charge in [-0.05, 0) is 37.3 Å². The van der Waals surface area contributed by atoms with Crippen LogP contribution in [0.1, 0.15) is 33.2 Å². The summed E-state index contributed by atoms with van der Waals surface area (Å²) in [6, 6.07) is 18.1. The second-order valence-electron chi connectivity index (χ2n) is 7.48. The maximum Gasteiger partial charge on any atom is 0.338 e. The number of anilines is 1. The highest BCUT2D eigenvalue weighted by Crippen LogP contribution is 2.26. The molecular formula is C26H18F2N2O4S. The molecule has 4 aromatic rings. The van der Waals surface area contributed by atoms with Crippen LogP contribution in [0, 0.1) is 11.6 Å². The van der Waals surface area contributed by atoms with Gasteiger partial charge in [0.25, 0.3) is 5.91 Å². The minimum Gasteiger partial charge on any atom is -0.449 e. The lowest BCUT2D eigenvalue weighted by atomic mass is 10.0. The van der Waals surface area contributed by atoms with Crippen molar-refractivity contribution in [3.8, 4) is 11.3 Å². The Hall–Kier alpha value is -4.24. The predicted octanol–water partition coefficient (Wildman–Crippen LogP) is 5.50. The first kappa shape index (κ1) is 23.9. The fourth-order valence-electron chi connectivity index (χ4n) is 3.12. The van der Waals surface area contributed by atoms with E-state index in [2.05, 4.69) is 10.3 Å². The summed E-state index contributed by atoms with van der Waals surface area (Å²) in [7, 11) is 0. The summed E-state index contributed by atoms with van der Waals surface area (Å²) in [4.78, 5) is 41.6. The number of benzene rings is 3. The number of nitrogens with zero attached hydrogens (tertiary/aromatic N) is 1. The Bertz CT molecular complexity index is 1390. The number of amides is 1. The van der Waals surface area contributed by atoms with Gasteiger partial charge in [-0.25, -0.2) is 18.6 Å². The summed E-state index contributed by atoms with van der Waals surface area (Å²) in [5, 5.41) is 4.33. The summed E-state index contributed by atoms with van der Waals surface area (Å²) in [5.41, 5.74) is 1.85. The largest absolute Gasteiger partial charge is 0.449 e. The summed E-state index contributed by atoms with van der Waals surface area (Å²) in [5.74, 6) is -3.48. The van der Waals surface area contributed by atoms with Crippen molar-refractivity contribution in [2.24, 2.45) is 0 Å². The van der Waals surface area contributed by atoms with E-state index >= 15 is 0 Å². The third kappa shape index (κ3) is 5.64. The number of halogens is 2. The molecule has 35 heavy (non-hydrogen) atoms. The van der Waals surface area contributed by atoms with Crippen molar-refractivity contribution < 1.29 is 27.9 Å². The van der Waals surface area contributed by atoms with Crippen LogP contribution in [-0.2, 0) is 9.53 Å². The average Bonchev–Trinajstić information content (AvgIpc) is 3.34. The Kier molecular flexibility index (Phi) is 7.07. The van der Waals surface area contributed by atoms with Gasteiger partial charge >= 0.3 is 5.97 Å². The van der Waals surface area contributed by atoms with E-state index in [1.165, 1.54) is 37.3 Å². The van der Waals surface area contributed by atoms with Gasteiger partial charge in [0.05, 0.1) is 11.3 Å². The van der Waals surface area contributed by atoms with Crippen molar-refractivity contribution in [2.45, 2.75) is 13.0 Å². The molecule has 1 heterocycles. The van der Waals surface area contributed by atoms with Gasteiger partial charge < -0.3 is 4.74 Å². The van der Waals surface area contributed by atoms with Gasteiger partial charge in [-0.2, -0.15) is 0 Å². The van der Waals surface area contributed by atoms with E-state index in [4.69, 9.17) is 4.74 Å². The molecule has 0 aliphatic carbocycles. The quantitative estimate of drug-likeness (QED) is 0.272. The Morgan fingerprint density at radius 3 is 2.23 bits per heavy atom. The Balaban J connectivity index is 1.35. The Morgan fingerprint density at radius 1 is 0.886 bits per heavy atom. The molecule has 0 fully saturated rings. The highest BCUT2D eigenvalue weighted by Gasteiger charge is 2.21. The van der Waals surface area contributed by atoms with Crippen LogP contribution in [0.2, 0.25) is 0 Å². The molecule has 1 N–H and O–H groups in total. The minimum absolute atomic E-state index is 0.176. The Morgan fingerprint density at radius 2 is 1.54 bits per heavy atom. The number of hydrogen-bond acceptors (Lipinski definition) is 6. The molecule has 0 unspecified atom stereocenters. The fourth-order valence-corrected chi connectivity index (χ4v) is 3.84. The molecule has 0 aliphatic heterocycles. The maximum atomic E-state index is 13.5. The molecule has 0 saturated carbocycles. The van der Waals surface area contributed by atoms with Crippen molar-refractivity contribution in [1.29, 1.82) is 0 Å². The molecule has 1 aromatic heterocycles. The molecule has 0 aliphatic rings. The van der Waals surface area contributed by atoms with Crippen molar-refractivity contribution in [3.05, 3.63) is 107 Å². The molecule has 176 valence electrons. The Labute approximate surface area is 203 Å². The number of ether oxygens (including phenoxy) is 1. The van der Waals surface area contributed by atoms with Crippen LogP contribution in [0.3, 0.4) is 0 Å². The summed E-state index contributed by atoms with van der Waals surface area (Å²) in [6.07, 6.45) is -1.14. The van der Waals surface area contributed by atoms with Crippen LogP contribution in [0.25, 0.3) is 11.3 Å². The topological polar surface area (TPSA) is 85.4 Å². The van der Waals surface area contributed by atoms with E-state index in [1.54, 1.807) is 29.6 Å². The summed E-state index contributed by atoms with van der Waals surface area (Å²) in [6.45, 7) is 1.41. The first-order valence-corrected chi connectivity index (χ1v) is 11.3. The van der Waals surface area contributed by atoms with Gasteiger partial charge in [0, 0.05) is 22.1 Å². The lowest BCUT2D eigenvalue weighted by Gasteiger charge is -2.12. The van der Waals surface area contributed by atoms with Crippen LogP contribution in [0.5, 0.6) is 0 Å². The van der Waals surface area contributed by atoms with E-state index in [0.29, 0.717) is 22.4 Å². The van der Waals surface area contributed by atoms with Crippen molar-refractivity contribution in [2.75, 3.05) is 5.32 Å². The van der Waals surface area contributed by atoms with Gasteiger partial charge in [-0.3, -0.25) is 14.9 Å². The number of esters is 1. The summed E-state index contributed by atoms with van der Waals surface area (Å²) < 4.78 is 31.8. The lowest BCUT2D eigenvalue weighted by molar-refractivity contribution is -0.123. The van der Waals surface area contributed by atoms with E-state index in [1.807, 2.05) is 6.07 Å². The number of rotatable bonds is 7. The number of nitrogens with one attached hydrogen (secondary N) is 1. The first-order chi connectivity index (χ1) is 16.8. The van der Waals surface area contributed by atoms with E-state index in [9.17, 15) is 23.2 Å². The highest BCUT2D eigenvalue weighted by atomic mass is 32.1. The van der Waals surface area contributed by atoms with Crippen LogP contribution in [-0.4, -0.2) is 28.7 Å². The van der Waals surface area contributed by atoms with Gasteiger partial charge in [-0.1, -0.05) is 42.5 Å². The molecule has 3 aromatic carbocycles. The zero-order valence-corrected chi connectivity index (χ0v) is 19.1. The monoisotopic (exact) mass is 492 g/mol. The number of hydrogen-bond donors (Lipinski definition) is 1. The molecule has 4 rings (SSSR count). The van der Waals surface area contributed by atoms with Gasteiger partial charge in [-0.15, -0.1) is 11.3 Å². The highest BCUT2D eigenvalue weighted by molar-refractivity contribution is 7.14. The van der Waals surface area contributed by atoms with E-state index < -0.39 is 29.6 Å². The number of ketones is 1. The smallest absolute Gasteiger partial charge is 0.338 e. The van der Waals surface area contributed by atoms with Gasteiger partial charge in [0.1, 0.15) is 0 Å². The maximum absolute atomic E-state index is 13.5. The van der Waals surface area contributed by atoms with E-state index in [-0.39, 0.29) is 16.5 Å². The zero-order chi connectivity index (χ0) is 24.9. The van der Waals surface area contributed by atoms with Crippen LogP contribution in [0.15, 0.2) is 78.2 Å². The lowest BCUT2D eigenvalue weighted by Crippen LogP contribution is -2.30. The molecular weight excluding hydrogens is 474 g/mol. The third-order valence-corrected chi connectivity index (χ3v) is 5.78. The average molecular weight is 493 g/mol. The standard InChI is InChI=1S/C26H18F2N2O4S/c1-15(24(32)30-26-29-22(14-35-26)19-11-12-20(27)21(28)13-19)34-25(33)18-9-7-17(8-10-18)23(31)16-5-3-2-4-6-16/h2-15H,1H3,(H,29,30,32)/t15-/m0/s1. The minimum atomic E-state index is -1.14. The molecule has 0 spiro atoms. The number of carbonyl (C=O) groups excluding carboxylic acids is 3. The molecule has 0 radical (unpaired) electrons. The molecule has 0 bridgehead atoms. The van der Waals surface area contributed by atoms with Crippen molar-refractivity contribution in [1.82, 2.24) is 4.98 Å². The zero-order valence-electron chi connectivity index (χ0n) is 18.3. The number of thiazole rings is 1. The molecule has 1 amide bonds. The second-order valence-corrected chi connectivity index (χ2v) is 8.33. The normalized spacial score (nSPS) is 11.5. The van der Waals surface area contributed by atoms with Crippen LogP contribution < -0.4 is 5.32 Å². The molecule has 6 nitrogen and oxygen atoms in total. The van der Waals surface area contributed by atoms with Crippen molar-refractivity contribution in [3.63, 3.8) is 0 Å². The summed E-state index contributed by atoms with van der Waals surface area (Å²) >= 11 is 1.09. The van der Waals surface area contributed by atoms with Crippen LogP contribution >= 0.6 is 11.3 Å². The van der Waals surface area contributed by atoms with Crippen molar-refractivity contribution >= 4 is 34.1 Å². The van der Waals surface area contributed by atoms with Gasteiger partial charge in [0.2, 0.25) is 0 Å². The molecule has 0 saturated heterocycles. The van der Waals surface area contributed by atoms with Crippen LogP contribution in [0.4, 0.5) is 13.9 Å². The SMILES string of the molecule is C[C@H](OC(=O)c1ccc(C(=O)c2ccccc2)cc1)C(=O)Nc1nc(-c2ccc(F)c(F)c2)cs1. The third-order valence-electron chi connectivity index (χ3n) is 5.02. The first-order valence-electron chi connectivity index (χ1n) is 10.4. The molecule has 9 heteroatoms.